The van der Waals surface area contributed by atoms with Crippen LogP contribution in [0.15, 0.2) is 16.7 Å². The zero-order valence-corrected chi connectivity index (χ0v) is 13.5. The fraction of sp³-hybridized carbons (Fsp3) is 0.429. The van der Waals surface area contributed by atoms with Crippen molar-refractivity contribution in [1.82, 2.24) is 20.5 Å². The Labute approximate surface area is 130 Å². The van der Waals surface area contributed by atoms with Gasteiger partial charge >= 0.3 is 0 Å². The number of hydrogen-bond acceptors (Lipinski definition) is 3. The Kier molecular flexibility index (Phi) is 3.86. The molecule has 3 heterocycles. The van der Waals surface area contributed by atoms with Crippen LogP contribution in [0.4, 0.5) is 0 Å². The third kappa shape index (κ3) is 2.89. The van der Waals surface area contributed by atoms with Crippen molar-refractivity contribution in [3.63, 3.8) is 0 Å². The first-order valence-corrected chi connectivity index (χ1v) is 7.67. The van der Waals surface area contributed by atoms with E-state index >= 15 is 0 Å². The molecular weight excluding hydrogens is 336 g/mol. The Bertz CT molecular complexity index is 664. The van der Waals surface area contributed by atoms with Gasteiger partial charge in [0.2, 0.25) is 0 Å². The van der Waals surface area contributed by atoms with Crippen LogP contribution in [-0.4, -0.2) is 27.2 Å². The molecule has 0 spiro atoms. The van der Waals surface area contributed by atoms with Gasteiger partial charge in [0.1, 0.15) is 0 Å². The van der Waals surface area contributed by atoms with Gasteiger partial charge in [0.25, 0.3) is 5.91 Å². The third-order valence-electron chi connectivity index (χ3n) is 3.60. The lowest BCUT2D eigenvalue weighted by molar-refractivity contribution is -0.00697. The Morgan fingerprint density at radius 2 is 2.38 bits per heavy atom. The van der Waals surface area contributed by atoms with Crippen LogP contribution >= 0.6 is 15.9 Å². The summed E-state index contributed by atoms with van der Waals surface area (Å²) in [5.74, 6) is -0.167. The third-order valence-corrected chi connectivity index (χ3v) is 4.05. The summed E-state index contributed by atoms with van der Waals surface area (Å²) in [4.78, 5) is 15.4. The van der Waals surface area contributed by atoms with Crippen LogP contribution in [0.25, 0.3) is 0 Å². The highest BCUT2D eigenvalue weighted by Gasteiger charge is 2.29. The molecule has 0 bridgehead atoms. The second kappa shape index (κ2) is 5.65. The first-order valence-electron chi connectivity index (χ1n) is 6.88. The Hall–Kier alpha value is -1.60. The number of aromatic nitrogens is 3. The number of amides is 1. The average molecular weight is 353 g/mol. The highest BCUT2D eigenvalue weighted by Crippen LogP contribution is 2.30. The van der Waals surface area contributed by atoms with Crippen LogP contribution in [0, 0.1) is 0 Å². The summed E-state index contributed by atoms with van der Waals surface area (Å²) in [5.41, 5.74) is 3.27. The van der Waals surface area contributed by atoms with Gasteiger partial charge in [-0.15, -0.1) is 0 Å². The van der Waals surface area contributed by atoms with E-state index in [0.717, 1.165) is 21.4 Å². The second-order valence-electron chi connectivity index (χ2n) is 5.28. The van der Waals surface area contributed by atoms with Crippen molar-refractivity contribution in [3.05, 3.63) is 39.4 Å². The molecule has 0 saturated carbocycles. The Morgan fingerprint density at radius 1 is 1.57 bits per heavy atom. The number of carbonyl (C=O) groups is 1. The molecule has 2 aromatic heterocycles. The van der Waals surface area contributed by atoms with Gasteiger partial charge in [-0.25, -0.2) is 0 Å². The molecule has 2 atom stereocenters. The van der Waals surface area contributed by atoms with Gasteiger partial charge < -0.3 is 15.0 Å². The molecule has 1 aliphatic heterocycles. The normalized spacial score (nSPS) is 21.1. The molecule has 0 radical (unpaired) electrons. The van der Waals surface area contributed by atoms with Crippen LogP contribution in [0.2, 0.25) is 0 Å². The summed E-state index contributed by atoms with van der Waals surface area (Å²) in [6.45, 7) is 4.41. The monoisotopic (exact) mass is 352 g/mol. The number of fused-ring (bicyclic) bond motifs is 1. The molecule has 1 amide bonds. The number of nitrogens with zero attached hydrogens (tertiary/aromatic N) is 1. The highest BCUT2D eigenvalue weighted by molar-refractivity contribution is 9.10. The summed E-state index contributed by atoms with van der Waals surface area (Å²) >= 11 is 3.37. The quantitative estimate of drug-likeness (QED) is 0.793. The number of aromatic amines is 2. The molecule has 0 saturated heterocycles. The molecule has 0 unspecified atom stereocenters. The minimum atomic E-state index is -0.167. The van der Waals surface area contributed by atoms with Gasteiger partial charge in [-0.3, -0.25) is 9.89 Å². The number of H-pyrrole nitrogens is 2. The minimum Gasteiger partial charge on any atom is -0.369 e. The van der Waals surface area contributed by atoms with Crippen molar-refractivity contribution in [2.45, 2.75) is 39.0 Å². The molecule has 112 valence electrons. The molecule has 0 aliphatic carbocycles. The van der Waals surface area contributed by atoms with Gasteiger partial charge in [0, 0.05) is 28.3 Å². The van der Waals surface area contributed by atoms with E-state index in [1.165, 1.54) is 0 Å². The van der Waals surface area contributed by atoms with E-state index in [0.29, 0.717) is 18.7 Å². The largest absolute Gasteiger partial charge is 0.369 e. The molecule has 3 N–H and O–H groups in total. The second-order valence-corrected chi connectivity index (χ2v) is 6.20. The predicted molar refractivity (Wildman–Crippen MR) is 80.9 cm³/mol. The van der Waals surface area contributed by atoms with Gasteiger partial charge in [0.15, 0.2) is 5.69 Å². The van der Waals surface area contributed by atoms with E-state index in [4.69, 9.17) is 4.74 Å². The number of rotatable bonds is 3. The average Bonchev–Trinajstić information content (AvgIpc) is 3.02. The fourth-order valence-electron chi connectivity index (χ4n) is 2.63. The molecule has 7 heteroatoms. The fourth-order valence-corrected chi connectivity index (χ4v) is 3.02. The number of nitrogens with one attached hydrogen (secondary N) is 3. The van der Waals surface area contributed by atoms with Crippen LogP contribution in [0.1, 0.15) is 47.4 Å². The van der Waals surface area contributed by atoms with Crippen molar-refractivity contribution in [3.8, 4) is 0 Å². The van der Waals surface area contributed by atoms with E-state index < -0.39 is 0 Å². The highest BCUT2D eigenvalue weighted by atomic mass is 79.9. The summed E-state index contributed by atoms with van der Waals surface area (Å²) in [6, 6.07) is 1.93. The summed E-state index contributed by atoms with van der Waals surface area (Å²) in [5, 5.41) is 9.97. The topological polar surface area (TPSA) is 82.8 Å². The zero-order chi connectivity index (χ0) is 15.0. The Balaban J connectivity index is 1.73. The summed E-state index contributed by atoms with van der Waals surface area (Å²) in [7, 11) is 0. The smallest absolute Gasteiger partial charge is 0.272 e. The molecule has 0 aromatic carbocycles. The van der Waals surface area contributed by atoms with Gasteiger partial charge in [-0.05, 0) is 35.8 Å². The molecule has 3 rings (SSSR count). The molecule has 2 aromatic rings. The van der Waals surface area contributed by atoms with E-state index in [2.05, 4.69) is 36.4 Å². The number of carbonyl (C=O) groups excluding carboxylic acids is 1. The van der Waals surface area contributed by atoms with Crippen LogP contribution in [0.3, 0.4) is 0 Å². The van der Waals surface area contributed by atoms with Crippen LogP contribution < -0.4 is 5.32 Å². The van der Waals surface area contributed by atoms with Crippen molar-refractivity contribution in [2.24, 2.45) is 0 Å². The predicted octanol–water partition coefficient (Wildman–Crippen LogP) is 2.45. The number of halogens is 1. The molecule has 6 nitrogen and oxygen atoms in total. The lowest BCUT2D eigenvalue weighted by Gasteiger charge is -2.25. The molecular formula is C14H17BrN4O2. The zero-order valence-electron chi connectivity index (χ0n) is 11.9. The van der Waals surface area contributed by atoms with Gasteiger partial charge in [-0.2, -0.15) is 5.10 Å². The number of ether oxygens (including phenoxy) is 1. The van der Waals surface area contributed by atoms with Gasteiger partial charge in [-0.1, -0.05) is 0 Å². The Morgan fingerprint density at radius 3 is 3.10 bits per heavy atom. The molecule has 0 fully saturated rings. The SMILES string of the molecule is C[C@@H]1Cc2c(C(=O)NCc3cc(Br)c[nH]3)n[nH]c2[C@H](C)O1. The number of hydrogen-bond donors (Lipinski definition) is 3. The van der Waals surface area contributed by atoms with Crippen molar-refractivity contribution >= 4 is 21.8 Å². The maximum atomic E-state index is 12.3. The van der Waals surface area contributed by atoms with Crippen molar-refractivity contribution in [1.29, 1.82) is 0 Å². The van der Waals surface area contributed by atoms with Crippen LogP contribution in [0.5, 0.6) is 0 Å². The summed E-state index contributed by atoms with van der Waals surface area (Å²) in [6.07, 6.45) is 2.57. The van der Waals surface area contributed by atoms with E-state index in [1.807, 2.05) is 26.1 Å². The molecule has 21 heavy (non-hydrogen) atoms. The minimum absolute atomic E-state index is 0.0582. The van der Waals surface area contributed by atoms with Crippen molar-refractivity contribution < 1.29 is 9.53 Å². The van der Waals surface area contributed by atoms with Crippen LogP contribution in [-0.2, 0) is 17.7 Å². The lowest BCUT2D eigenvalue weighted by atomic mass is 9.99. The molecule has 1 aliphatic rings. The first-order chi connectivity index (χ1) is 10.0. The first kappa shape index (κ1) is 14.3. The summed E-state index contributed by atoms with van der Waals surface area (Å²) < 4.78 is 6.69. The van der Waals surface area contributed by atoms with E-state index in [-0.39, 0.29) is 18.1 Å². The van der Waals surface area contributed by atoms with Crippen molar-refractivity contribution in [2.75, 3.05) is 0 Å². The maximum Gasteiger partial charge on any atom is 0.272 e. The standard InChI is InChI=1S/C14H17BrN4O2/c1-7-3-11-12(8(2)21-7)18-19-13(11)14(20)17-6-10-4-9(15)5-16-10/h4-5,7-8,16H,3,6H2,1-2H3,(H,17,20)(H,18,19)/t7-,8+/m1/s1. The maximum absolute atomic E-state index is 12.3. The van der Waals surface area contributed by atoms with E-state index in [1.54, 1.807) is 0 Å². The van der Waals surface area contributed by atoms with Gasteiger partial charge in [0.05, 0.1) is 24.4 Å². The lowest BCUT2D eigenvalue weighted by Crippen LogP contribution is -2.27. The van der Waals surface area contributed by atoms with E-state index in [9.17, 15) is 4.79 Å².